The molecule has 5 heteroatoms. The first-order valence-corrected chi connectivity index (χ1v) is 6.02. The lowest BCUT2D eigenvalue weighted by Gasteiger charge is -2.23. The fourth-order valence-electron chi connectivity index (χ4n) is 1.61. The van der Waals surface area contributed by atoms with Crippen LogP contribution in [0, 0.1) is 0 Å². The summed E-state index contributed by atoms with van der Waals surface area (Å²) in [6.45, 7) is 3.15. The van der Waals surface area contributed by atoms with Crippen LogP contribution < -0.4 is 15.4 Å². The molecule has 1 amide bonds. The molecular formula is C13H20N2O3. The first-order chi connectivity index (χ1) is 8.74. The SMILES string of the molecule is CCOC(=O)N(CCCN)c1ccccc1OC. The molecule has 0 unspecified atom stereocenters. The average molecular weight is 252 g/mol. The van der Waals surface area contributed by atoms with Crippen LogP contribution in [0.5, 0.6) is 5.75 Å². The summed E-state index contributed by atoms with van der Waals surface area (Å²) in [5.41, 5.74) is 6.19. The number of methoxy groups -OCH3 is 1. The predicted molar refractivity (Wildman–Crippen MR) is 71.0 cm³/mol. The fraction of sp³-hybridized carbons (Fsp3) is 0.462. The van der Waals surface area contributed by atoms with Crippen molar-refractivity contribution in [3.05, 3.63) is 24.3 Å². The molecule has 0 radical (unpaired) electrons. The summed E-state index contributed by atoms with van der Waals surface area (Å²) >= 11 is 0. The Balaban J connectivity index is 2.96. The van der Waals surface area contributed by atoms with Gasteiger partial charge in [0.05, 0.1) is 19.4 Å². The zero-order valence-electron chi connectivity index (χ0n) is 10.9. The normalized spacial score (nSPS) is 9.94. The van der Waals surface area contributed by atoms with Crippen LogP contribution in [0.25, 0.3) is 0 Å². The van der Waals surface area contributed by atoms with Gasteiger partial charge in [-0.1, -0.05) is 12.1 Å². The molecule has 5 nitrogen and oxygen atoms in total. The minimum atomic E-state index is -0.379. The van der Waals surface area contributed by atoms with Crippen molar-refractivity contribution in [2.45, 2.75) is 13.3 Å². The monoisotopic (exact) mass is 252 g/mol. The van der Waals surface area contributed by atoms with E-state index in [-0.39, 0.29) is 6.09 Å². The van der Waals surface area contributed by atoms with Crippen molar-refractivity contribution in [2.24, 2.45) is 5.73 Å². The lowest BCUT2D eigenvalue weighted by molar-refractivity contribution is 0.159. The number of para-hydroxylation sites is 2. The van der Waals surface area contributed by atoms with E-state index in [0.717, 1.165) is 0 Å². The molecule has 0 atom stereocenters. The molecule has 2 N–H and O–H groups in total. The van der Waals surface area contributed by atoms with E-state index < -0.39 is 0 Å². The number of ether oxygens (including phenoxy) is 2. The quantitative estimate of drug-likeness (QED) is 0.841. The lowest BCUT2D eigenvalue weighted by Crippen LogP contribution is -2.33. The number of carbonyl (C=O) groups is 1. The van der Waals surface area contributed by atoms with Gasteiger partial charge in [-0.25, -0.2) is 4.79 Å². The molecule has 0 aliphatic carbocycles. The van der Waals surface area contributed by atoms with Gasteiger partial charge in [0.25, 0.3) is 0 Å². The second-order valence-corrected chi connectivity index (χ2v) is 3.66. The van der Waals surface area contributed by atoms with Crippen LogP contribution >= 0.6 is 0 Å². The molecular weight excluding hydrogens is 232 g/mol. The van der Waals surface area contributed by atoms with Gasteiger partial charge in [0.2, 0.25) is 0 Å². The van der Waals surface area contributed by atoms with Crippen molar-refractivity contribution < 1.29 is 14.3 Å². The van der Waals surface area contributed by atoms with Gasteiger partial charge in [-0.05, 0) is 32.0 Å². The fourth-order valence-corrected chi connectivity index (χ4v) is 1.61. The first-order valence-electron chi connectivity index (χ1n) is 6.02. The van der Waals surface area contributed by atoms with Crippen LogP contribution in [-0.4, -0.2) is 32.9 Å². The second kappa shape index (κ2) is 7.55. The summed E-state index contributed by atoms with van der Waals surface area (Å²) in [6.07, 6.45) is 0.326. The zero-order chi connectivity index (χ0) is 13.4. The van der Waals surface area contributed by atoms with Crippen molar-refractivity contribution in [1.82, 2.24) is 0 Å². The lowest BCUT2D eigenvalue weighted by atomic mass is 10.2. The van der Waals surface area contributed by atoms with Gasteiger partial charge in [-0.15, -0.1) is 0 Å². The summed E-state index contributed by atoms with van der Waals surface area (Å²) in [5.74, 6) is 0.641. The van der Waals surface area contributed by atoms with E-state index >= 15 is 0 Å². The second-order valence-electron chi connectivity index (χ2n) is 3.66. The van der Waals surface area contributed by atoms with E-state index in [2.05, 4.69) is 0 Å². The topological polar surface area (TPSA) is 64.8 Å². The number of rotatable bonds is 6. The Hall–Kier alpha value is -1.75. The van der Waals surface area contributed by atoms with Gasteiger partial charge in [0, 0.05) is 6.54 Å². The maximum atomic E-state index is 11.9. The average Bonchev–Trinajstić information content (AvgIpc) is 2.40. The highest BCUT2D eigenvalue weighted by atomic mass is 16.6. The summed E-state index contributed by atoms with van der Waals surface area (Å²) in [4.78, 5) is 13.5. The maximum absolute atomic E-state index is 11.9. The number of amides is 1. The van der Waals surface area contributed by atoms with E-state index in [1.165, 1.54) is 0 Å². The van der Waals surface area contributed by atoms with E-state index in [4.69, 9.17) is 15.2 Å². The molecule has 0 aliphatic rings. The Morgan fingerprint density at radius 1 is 1.39 bits per heavy atom. The van der Waals surface area contributed by atoms with Crippen LogP contribution in [0.2, 0.25) is 0 Å². The Morgan fingerprint density at radius 3 is 2.72 bits per heavy atom. The summed E-state index contributed by atoms with van der Waals surface area (Å²) in [7, 11) is 1.57. The molecule has 18 heavy (non-hydrogen) atoms. The minimum Gasteiger partial charge on any atom is -0.495 e. The van der Waals surface area contributed by atoms with Crippen molar-refractivity contribution >= 4 is 11.8 Å². The largest absolute Gasteiger partial charge is 0.495 e. The van der Waals surface area contributed by atoms with Crippen molar-refractivity contribution in [3.63, 3.8) is 0 Å². The Labute approximate surface area is 107 Å². The number of benzene rings is 1. The number of nitrogens with zero attached hydrogens (tertiary/aromatic N) is 1. The van der Waals surface area contributed by atoms with Gasteiger partial charge in [0.1, 0.15) is 5.75 Å². The molecule has 0 aliphatic heterocycles. The number of hydrogen-bond donors (Lipinski definition) is 1. The van der Waals surface area contributed by atoms with Crippen LogP contribution in [0.3, 0.4) is 0 Å². The third-order valence-corrected chi connectivity index (χ3v) is 2.45. The highest BCUT2D eigenvalue weighted by Gasteiger charge is 2.19. The first kappa shape index (κ1) is 14.3. The van der Waals surface area contributed by atoms with Crippen molar-refractivity contribution in [3.8, 4) is 5.75 Å². The standard InChI is InChI=1S/C13H20N2O3/c1-3-18-13(16)15(10-6-9-14)11-7-4-5-8-12(11)17-2/h4-5,7-8H,3,6,9-10,14H2,1-2H3. The maximum Gasteiger partial charge on any atom is 0.414 e. The smallest absolute Gasteiger partial charge is 0.414 e. The van der Waals surface area contributed by atoms with Crippen molar-refractivity contribution in [2.75, 3.05) is 31.7 Å². The van der Waals surface area contributed by atoms with Crippen LogP contribution in [0.15, 0.2) is 24.3 Å². The molecule has 100 valence electrons. The summed E-state index contributed by atoms with van der Waals surface area (Å²) in [5, 5.41) is 0. The molecule has 0 saturated carbocycles. The van der Waals surface area contributed by atoms with E-state index in [9.17, 15) is 4.79 Å². The Morgan fingerprint density at radius 2 is 2.11 bits per heavy atom. The van der Waals surface area contributed by atoms with Gasteiger partial charge in [0.15, 0.2) is 0 Å². The molecule has 0 bridgehead atoms. The highest BCUT2D eigenvalue weighted by molar-refractivity contribution is 5.89. The molecule has 0 heterocycles. The zero-order valence-corrected chi connectivity index (χ0v) is 10.9. The molecule has 0 spiro atoms. The van der Waals surface area contributed by atoms with E-state index in [1.54, 1.807) is 18.9 Å². The molecule has 1 aromatic rings. The summed E-state index contributed by atoms with van der Waals surface area (Å²) < 4.78 is 10.3. The summed E-state index contributed by atoms with van der Waals surface area (Å²) in [6, 6.07) is 7.34. The van der Waals surface area contributed by atoms with E-state index in [0.29, 0.717) is 37.6 Å². The molecule has 0 saturated heterocycles. The third-order valence-electron chi connectivity index (χ3n) is 2.45. The third kappa shape index (κ3) is 3.63. The van der Waals surface area contributed by atoms with Gasteiger partial charge < -0.3 is 15.2 Å². The van der Waals surface area contributed by atoms with Gasteiger partial charge >= 0.3 is 6.09 Å². The predicted octanol–water partition coefficient (Wildman–Crippen LogP) is 2.01. The van der Waals surface area contributed by atoms with Crippen LogP contribution in [0.4, 0.5) is 10.5 Å². The van der Waals surface area contributed by atoms with Crippen LogP contribution in [-0.2, 0) is 4.74 Å². The van der Waals surface area contributed by atoms with Gasteiger partial charge in [-0.2, -0.15) is 0 Å². The highest BCUT2D eigenvalue weighted by Crippen LogP contribution is 2.28. The number of anilines is 1. The van der Waals surface area contributed by atoms with Crippen LogP contribution in [0.1, 0.15) is 13.3 Å². The molecule has 1 rings (SSSR count). The Kier molecular flexibility index (Phi) is 6.00. The molecule has 1 aromatic carbocycles. The molecule has 0 aromatic heterocycles. The van der Waals surface area contributed by atoms with E-state index in [1.807, 2.05) is 24.3 Å². The van der Waals surface area contributed by atoms with Crippen molar-refractivity contribution in [1.29, 1.82) is 0 Å². The number of carbonyl (C=O) groups excluding carboxylic acids is 1. The molecule has 0 fully saturated rings. The van der Waals surface area contributed by atoms with Gasteiger partial charge in [-0.3, -0.25) is 4.90 Å². The minimum absolute atomic E-state index is 0.340. The number of hydrogen-bond acceptors (Lipinski definition) is 4. The Bertz CT molecular complexity index is 382. The number of nitrogens with two attached hydrogens (primary N) is 1.